The highest BCUT2D eigenvalue weighted by Gasteiger charge is 2.21. The van der Waals surface area contributed by atoms with E-state index < -0.39 is 0 Å². The summed E-state index contributed by atoms with van der Waals surface area (Å²) in [6, 6.07) is 1.61. The van der Waals surface area contributed by atoms with Gasteiger partial charge >= 0.3 is 0 Å². The molecule has 1 atom stereocenters. The van der Waals surface area contributed by atoms with E-state index >= 15 is 0 Å². The normalized spacial score (nSPS) is 21.5. The van der Waals surface area contributed by atoms with Crippen LogP contribution < -0.4 is 10.9 Å². The summed E-state index contributed by atoms with van der Waals surface area (Å²) in [5, 5.41) is 3.35. The van der Waals surface area contributed by atoms with Gasteiger partial charge in [0.2, 0.25) is 0 Å². The predicted octanol–water partition coefficient (Wildman–Crippen LogP) is 1.53. The molecule has 17 heavy (non-hydrogen) atoms. The molecule has 1 unspecified atom stereocenters. The van der Waals surface area contributed by atoms with Crippen LogP contribution in [0.1, 0.15) is 51.0 Å². The highest BCUT2D eigenvalue weighted by atomic mass is 16.1. The molecular weight excluding hydrogens is 214 g/mol. The smallest absolute Gasteiger partial charge is 0.251 e. The van der Waals surface area contributed by atoms with Gasteiger partial charge in [-0.2, -0.15) is 0 Å². The lowest BCUT2D eigenvalue weighted by molar-refractivity contribution is 0.440. The summed E-state index contributed by atoms with van der Waals surface area (Å²) >= 11 is 0. The molecule has 1 saturated heterocycles. The standard InChI is InChI=1S/C13H21N3O/c1-13(2,3)10-7-11(17)16-12(15-10)9-5-4-6-14-8-9/h7,9,14H,4-6,8H2,1-3H3,(H,15,16,17). The Morgan fingerprint density at radius 2 is 2.18 bits per heavy atom. The number of H-pyrrole nitrogens is 1. The molecular formula is C13H21N3O. The summed E-state index contributed by atoms with van der Waals surface area (Å²) in [5.41, 5.74) is 0.762. The number of hydrogen-bond donors (Lipinski definition) is 2. The molecule has 1 aromatic rings. The van der Waals surface area contributed by atoms with Crippen molar-refractivity contribution in [3.05, 3.63) is 27.9 Å². The SMILES string of the molecule is CC(C)(C)c1cc(=O)[nH]c(C2CCCNC2)n1. The van der Waals surface area contributed by atoms with Crippen molar-refractivity contribution in [2.45, 2.75) is 44.9 Å². The Kier molecular flexibility index (Phi) is 3.33. The van der Waals surface area contributed by atoms with E-state index in [2.05, 4.69) is 36.1 Å². The molecule has 2 rings (SSSR count). The Bertz CT molecular complexity index is 439. The second-order valence-electron chi connectivity index (χ2n) is 5.81. The molecule has 1 aromatic heterocycles. The molecule has 1 aliphatic heterocycles. The van der Waals surface area contributed by atoms with Crippen LogP contribution in [0.3, 0.4) is 0 Å². The van der Waals surface area contributed by atoms with Crippen molar-refractivity contribution < 1.29 is 0 Å². The largest absolute Gasteiger partial charge is 0.316 e. The van der Waals surface area contributed by atoms with E-state index in [9.17, 15) is 4.79 Å². The number of aromatic nitrogens is 2. The van der Waals surface area contributed by atoms with Crippen molar-refractivity contribution in [2.75, 3.05) is 13.1 Å². The van der Waals surface area contributed by atoms with Crippen LogP contribution in [0.15, 0.2) is 10.9 Å². The highest BCUT2D eigenvalue weighted by Crippen LogP contribution is 2.23. The molecule has 4 heteroatoms. The maximum atomic E-state index is 11.7. The number of hydrogen-bond acceptors (Lipinski definition) is 3. The van der Waals surface area contributed by atoms with E-state index in [-0.39, 0.29) is 11.0 Å². The van der Waals surface area contributed by atoms with Gasteiger partial charge in [0.1, 0.15) is 5.82 Å². The van der Waals surface area contributed by atoms with Crippen LogP contribution in [-0.4, -0.2) is 23.1 Å². The lowest BCUT2D eigenvalue weighted by Gasteiger charge is -2.24. The molecule has 0 radical (unpaired) electrons. The van der Waals surface area contributed by atoms with Gasteiger partial charge in [0, 0.05) is 23.9 Å². The van der Waals surface area contributed by atoms with Crippen LogP contribution >= 0.6 is 0 Å². The van der Waals surface area contributed by atoms with Crippen LogP contribution in [0.2, 0.25) is 0 Å². The second-order valence-corrected chi connectivity index (χ2v) is 5.81. The summed E-state index contributed by atoms with van der Waals surface area (Å²) in [5.74, 6) is 1.19. The first kappa shape index (κ1) is 12.3. The molecule has 1 fully saturated rings. The molecule has 1 aliphatic rings. The van der Waals surface area contributed by atoms with Crippen molar-refractivity contribution in [1.29, 1.82) is 0 Å². The van der Waals surface area contributed by atoms with E-state index in [1.165, 1.54) is 0 Å². The molecule has 4 nitrogen and oxygen atoms in total. The van der Waals surface area contributed by atoms with Crippen molar-refractivity contribution in [1.82, 2.24) is 15.3 Å². The minimum atomic E-state index is -0.0783. The number of aromatic amines is 1. The van der Waals surface area contributed by atoms with Gasteiger partial charge in [0.25, 0.3) is 5.56 Å². The Morgan fingerprint density at radius 3 is 2.76 bits per heavy atom. The first-order valence-electron chi connectivity index (χ1n) is 6.29. The van der Waals surface area contributed by atoms with Crippen molar-refractivity contribution in [3.8, 4) is 0 Å². The first-order valence-corrected chi connectivity index (χ1v) is 6.29. The van der Waals surface area contributed by atoms with Crippen molar-refractivity contribution >= 4 is 0 Å². The molecule has 0 amide bonds. The van der Waals surface area contributed by atoms with Crippen molar-refractivity contribution in [3.63, 3.8) is 0 Å². The number of rotatable bonds is 1. The quantitative estimate of drug-likeness (QED) is 0.776. The Balaban J connectivity index is 2.34. The summed E-state index contributed by atoms with van der Waals surface area (Å²) < 4.78 is 0. The molecule has 94 valence electrons. The van der Waals surface area contributed by atoms with Crippen LogP contribution in [0.4, 0.5) is 0 Å². The Hall–Kier alpha value is -1.16. The summed E-state index contributed by atoms with van der Waals surface area (Å²) in [7, 11) is 0. The summed E-state index contributed by atoms with van der Waals surface area (Å²) in [6.07, 6.45) is 2.25. The molecule has 0 bridgehead atoms. The number of piperidine rings is 1. The lowest BCUT2D eigenvalue weighted by atomic mass is 9.91. The zero-order valence-electron chi connectivity index (χ0n) is 10.8. The second kappa shape index (κ2) is 4.61. The molecule has 0 aliphatic carbocycles. The minimum absolute atomic E-state index is 0.0366. The van der Waals surface area contributed by atoms with Crippen LogP contribution in [0.5, 0.6) is 0 Å². The topological polar surface area (TPSA) is 57.8 Å². The Morgan fingerprint density at radius 1 is 1.41 bits per heavy atom. The monoisotopic (exact) mass is 235 g/mol. The van der Waals surface area contributed by atoms with Gasteiger partial charge in [-0.05, 0) is 19.4 Å². The van der Waals surface area contributed by atoms with Crippen LogP contribution in [0.25, 0.3) is 0 Å². The number of nitrogens with zero attached hydrogens (tertiary/aromatic N) is 1. The third kappa shape index (κ3) is 2.94. The van der Waals surface area contributed by atoms with E-state index in [4.69, 9.17) is 0 Å². The van der Waals surface area contributed by atoms with Gasteiger partial charge in [-0.1, -0.05) is 20.8 Å². The molecule has 0 saturated carbocycles. The molecule has 2 heterocycles. The maximum Gasteiger partial charge on any atom is 0.251 e. The predicted molar refractivity (Wildman–Crippen MR) is 68.4 cm³/mol. The molecule has 0 spiro atoms. The van der Waals surface area contributed by atoms with Gasteiger partial charge in [-0.3, -0.25) is 4.79 Å². The Labute approximate surface area is 102 Å². The van der Waals surface area contributed by atoms with E-state index in [1.807, 2.05) is 0 Å². The number of nitrogens with one attached hydrogen (secondary N) is 2. The van der Waals surface area contributed by atoms with Gasteiger partial charge in [-0.15, -0.1) is 0 Å². The minimum Gasteiger partial charge on any atom is -0.316 e. The lowest BCUT2D eigenvalue weighted by Crippen LogP contribution is -2.31. The van der Waals surface area contributed by atoms with E-state index in [0.717, 1.165) is 37.4 Å². The maximum absolute atomic E-state index is 11.7. The summed E-state index contributed by atoms with van der Waals surface area (Å²) in [4.78, 5) is 19.2. The fourth-order valence-corrected chi connectivity index (χ4v) is 2.14. The zero-order valence-corrected chi connectivity index (χ0v) is 10.8. The van der Waals surface area contributed by atoms with E-state index in [1.54, 1.807) is 6.07 Å². The van der Waals surface area contributed by atoms with Crippen LogP contribution in [0, 0.1) is 0 Å². The fraction of sp³-hybridized carbons (Fsp3) is 0.692. The third-order valence-electron chi connectivity index (χ3n) is 3.21. The zero-order chi connectivity index (χ0) is 12.5. The molecule has 0 aromatic carbocycles. The summed E-state index contributed by atoms with van der Waals surface area (Å²) in [6.45, 7) is 8.23. The van der Waals surface area contributed by atoms with Gasteiger partial charge in [0.05, 0.1) is 5.69 Å². The van der Waals surface area contributed by atoms with Crippen LogP contribution in [-0.2, 0) is 5.41 Å². The third-order valence-corrected chi connectivity index (χ3v) is 3.21. The highest BCUT2D eigenvalue weighted by molar-refractivity contribution is 5.14. The van der Waals surface area contributed by atoms with Gasteiger partial charge in [-0.25, -0.2) is 4.98 Å². The van der Waals surface area contributed by atoms with Gasteiger partial charge in [0.15, 0.2) is 0 Å². The first-order chi connectivity index (χ1) is 7.97. The van der Waals surface area contributed by atoms with Gasteiger partial charge < -0.3 is 10.3 Å². The fourth-order valence-electron chi connectivity index (χ4n) is 2.14. The average Bonchev–Trinajstić information content (AvgIpc) is 2.28. The molecule has 2 N–H and O–H groups in total. The average molecular weight is 235 g/mol. The van der Waals surface area contributed by atoms with E-state index in [0.29, 0.717) is 5.92 Å². The van der Waals surface area contributed by atoms with Crippen molar-refractivity contribution in [2.24, 2.45) is 0 Å².